The molecule has 0 bridgehead atoms. The Kier molecular flexibility index (Phi) is 21.1. The topological polar surface area (TPSA) is 351 Å². The number of rotatable bonds is 25. The third-order valence-corrected chi connectivity index (χ3v) is 11.9. The van der Waals surface area contributed by atoms with Crippen molar-refractivity contribution in [2.24, 2.45) is 5.73 Å². The van der Waals surface area contributed by atoms with E-state index in [4.69, 9.17) is 5.73 Å². The predicted octanol–water partition coefficient (Wildman–Crippen LogP) is -2.81. The SMILES string of the molecule is C[C@@H](O)[C@H](NC(=O)[C@H](CCCCN)NC(=O)[C@@H](NC(=O)[C@@H](NC(=O)[C@@H]1CCCN1)[C@@H](C)O)[C@@H](C)O)C(=O)N[C@@H](Cc1ccc(O)cc1)C(=O)N[C@@H](Cc1ccccc1)C(=O)N1CCC[C@H]1C(=O)O. The van der Waals surface area contributed by atoms with E-state index in [2.05, 4.69) is 37.2 Å². The van der Waals surface area contributed by atoms with Crippen molar-refractivity contribution in [2.75, 3.05) is 19.6 Å². The zero-order chi connectivity index (χ0) is 50.1. The van der Waals surface area contributed by atoms with E-state index in [1.54, 1.807) is 30.3 Å². The third kappa shape index (κ3) is 16.0. The number of carboxylic acid groups (broad SMARTS) is 1. The summed E-state index contributed by atoms with van der Waals surface area (Å²) >= 11 is 0. The Morgan fingerprint density at radius 1 is 0.647 bits per heavy atom. The number of carbonyl (C=O) groups is 8. The van der Waals surface area contributed by atoms with Gasteiger partial charge >= 0.3 is 5.97 Å². The number of aromatic hydroxyl groups is 1. The standard InChI is InChI=1S/C46H67N9O13/c1-25(56)36(53-40(61)32(13-7-8-20-47)49-42(63)37(26(2)57)54-44(65)38(27(3)58)52-39(60)31-14-9-21-48-31)43(64)50-33(23-29-16-18-30(59)19-17-29)41(62)51-34(24-28-11-5-4-6-12-28)45(66)55-22-10-15-35(55)46(67)68/h4-6,11-12,16-19,25-27,31-38,48,56-59H,7-10,13-15,20-24,47H2,1-3H3,(H,49,63)(H,50,64)(H,51,62)(H,52,60)(H,53,61)(H,54,65)(H,67,68)/t25-,26-,27-,31+,32+,33+,34+,35+,36+,37+,38+/m1/s1. The highest BCUT2D eigenvalue weighted by Crippen LogP contribution is 2.20. The summed E-state index contributed by atoms with van der Waals surface area (Å²) in [5.41, 5.74) is 6.79. The van der Waals surface area contributed by atoms with Gasteiger partial charge in [0, 0.05) is 19.4 Å². The van der Waals surface area contributed by atoms with Crippen LogP contribution in [0.25, 0.3) is 0 Å². The average molecular weight is 954 g/mol. The Morgan fingerprint density at radius 2 is 1.16 bits per heavy atom. The lowest BCUT2D eigenvalue weighted by Gasteiger charge is -2.30. The largest absolute Gasteiger partial charge is 0.508 e. The summed E-state index contributed by atoms with van der Waals surface area (Å²) in [5, 5.41) is 69.7. The lowest BCUT2D eigenvalue weighted by atomic mass is 10.0. The van der Waals surface area contributed by atoms with Gasteiger partial charge in [-0.05, 0) is 102 Å². The molecule has 0 radical (unpaired) electrons. The smallest absolute Gasteiger partial charge is 0.326 e. The van der Waals surface area contributed by atoms with Crippen LogP contribution in [0.2, 0.25) is 0 Å². The molecular weight excluding hydrogens is 887 g/mol. The molecule has 4 rings (SSSR count). The number of carbonyl (C=O) groups excluding carboxylic acids is 7. The second-order valence-corrected chi connectivity index (χ2v) is 17.4. The maximum atomic E-state index is 14.3. The van der Waals surface area contributed by atoms with Crippen molar-refractivity contribution in [3.8, 4) is 5.75 Å². The number of likely N-dealkylation sites (tertiary alicyclic amines) is 1. The third-order valence-electron chi connectivity index (χ3n) is 11.9. The number of nitrogens with one attached hydrogen (secondary N) is 7. The molecule has 68 heavy (non-hydrogen) atoms. The van der Waals surface area contributed by atoms with Crippen molar-refractivity contribution in [3.63, 3.8) is 0 Å². The van der Waals surface area contributed by atoms with Crippen molar-refractivity contribution >= 4 is 47.3 Å². The Bertz CT molecular complexity index is 2030. The van der Waals surface area contributed by atoms with E-state index in [0.717, 1.165) is 6.42 Å². The first-order valence-corrected chi connectivity index (χ1v) is 23.0. The van der Waals surface area contributed by atoms with Crippen LogP contribution < -0.4 is 43.0 Å². The fraction of sp³-hybridized carbons (Fsp3) is 0.565. The molecule has 0 unspecified atom stereocenters. The molecule has 2 saturated heterocycles. The maximum Gasteiger partial charge on any atom is 0.326 e. The summed E-state index contributed by atoms with van der Waals surface area (Å²) in [5.74, 6) is -7.40. The summed E-state index contributed by atoms with van der Waals surface area (Å²) in [7, 11) is 0. The lowest BCUT2D eigenvalue weighted by molar-refractivity contribution is -0.149. The van der Waals surface area contributed by atoms with Crippen LogP contribution in [0.4, 0.5) is 0 Å². The van der Waals surface area contributed by atoms with E-state index in [1.807, 2.05) is 0 Å². The quantitative estimate of drug-likeness (QED) is 0.0447. The number of hydrogen-bond acceptors (Lipinski definition) is 14. The number of benzene rings is 2. The Morgan fingerprint density at radius 3 is 1.72 bits per heavy atom. The number of hydrogen-bond donors (Lipinski definition) is 13. The molecule has 0 saturated carbocycles. The molecular formula is C46H67N9O13. The zero-order valence-corrected chi connectivity index (χ0v) is 38.6. The molecule has 374 valence electrons. The molecule has 22 heteroatoms. The Balaban J connectivity index is 1.56. The Labute approximate surface area is 394 Å². The van der Waals surface area contributed by atoms with E-state index < -0.39 is 114 Å². The van der Waals surface area contributed by atoms with Crippen LogP contribution in [0.5, 0.6) is 5.75 Å². The highest BCUT2D eigenvalue weighted by Gasteiger charge is 2.40. The molecule has 7 amide bonds. The van der Waals surface area contributed by atoms with Gasteiger partial charge < -0.3 is 73.4 Å². The molecule has 2 aromatic carbocycles. The van der Waals surface area contributed by atoms with E-state index >= 15 is 0 Å². The fourth-order valence-electron chi connectivity index (χ4n) is 8.05. The number of aliphatic carboxylic acids is 1. The van der Waals surface area contributed by atoms with E-state index in [9.17, 15) is 63.9 Å². The lowest BCUT2D eigenvalue weighted by Crippen LogP contribution is -2.63. The number of unbranched alkanes of at least 4 members (excludes halogenated alkanes) is 1. The molecule has 22 nitrogen and oxygen atoms in total. The first kappa shape index (κ1) is 54.4. The van der Waals surface area contributed by atoms with E-state index in [0.29, 0.717) is 36.9 Å². The van der Waals surface area contributed by atoms with Crippen molar-refractivity contribution < 1.29 is 63.9 Å². The van der Waals surface area contributed by atoms with Crippen molar-refractivity contribution in [1.82, 2.24) is 42.1 Å². The fourth-order valence-corrected chi connectivity index (χ4v) is 8.05. The monoisotopic (exact) mass is 953 g/mol. The highest BCUT2D eigenvalue weighted by atomic mass is 16.4. The number of amides is 7. The minimum absolute atomic E-state index is 0.0345. The molecule has 2 heterocycles. The van der Waals surface area contributed by atoms with E-state index in [1.165, 1.54) is 49.9 Å². The van der Waals surface area contributed by atoms with Gasteiger partial charge in [0.15, 0.2) is 0 Å². The van der Waals surface area contributed by atoms with E-state index in [-0.39, 0.29) is 50.9 Å². The van der Waals surface area contributed by atoms with Crippen molar-refractivity contribution in [1.29, 1.82) is 0 Å². The molecule has 2 aliphatic rings. The van der Waals surface area contributed by atoms with Gasteiger partial charge in [-0.3, -0.25) is 33.6 Å². The summed E-state index contributed by atoms with van der Waals surface area (Å²) in [6, 6.07) is 3.51. The van der Waals surface area contributed by atoms with Gasteiger partial charge in [-0.15, -0.1) is 0 Å². The molecule has 0 aliphatic carbocycles. The average Bonchev–Trinajstić information content (AvgIpc) is 4.03. The van der Waals surface area contributed by atoms with Crippen LogP contribution in [0.3, 0.4) is 0 Å². The van der Waals surface area contributed by atoms with Gasteiger partial charge in [0.2, 0.25) is 41.4 Å². The zero-order valence-electron chi connectivity index (χ0n) is 38.6. The van der Waals surface area contributed by atoms with Gasteiger partial charge in [0.05, 0.1) is 24.4 Å². The second kappa shape index (κ2) is 26.4. The predicted molar refractivity (Wildman–Crippen MR) is 245 cm³/mol. The molecule has 0 spiro atoms. The van der Waals surface area contributed by atoms with Crippen LogP contribution in [-0.2, 0) is 51.2 Å². The summed E-state index contributed by atoms with van der Waals surface area (Å²) in [6.45, 7) is 4.61. The minimum Gasteiger partial charge on any atom is -0.508 e. The minimum atomic E-state index is -1.76. The molecule has 11 atom stereocenters. The maximum absolute atomic E-state index is 14.3. The first-order valence-electron chi connectivity index (χ1n) is 23.0. The summed E-state index contributed by atoms with van der Waals surface area (Å²) in [6.07, 6.45) is -2.32. The highest BCUT2D eigenvalue weighted by molar-refractivity contribution is 5.98. The number of aliphatic hydroxyl groups is 3. The number of carboxylic acids is 1. The molecule has 14 N–H and O–H groups in total. The second-order valence-electron chi connectivity index (χ2n) is 17.4. The number of nitrogens with zero attached hydrogens (tertiary/aromatic N) is 1. The van der Waals surface area contributed by atoms with Crippen LogP contribution in [0.1, 0.15) is 76.8 Å². The van der Waals surface area contributed by atoms with Gasteiger partial charge in [-0.1, -0.05) is 42.5 Å². The van der Waals surface area contributed by atoms with Gasteiger partial charge in [-0.2, -0.15) is 0 Å². The molecule has 2 aliphatic heterocycles. The van der Waals surface area contributed by atoms with Crippen molar-refractivity contribution in [2.45, 2.75) is 145 Å². The normalized spacial score (nSPS) is 19.7. The molecule has 0 aromatic heterocycles. The molecule has 2 aromatic rings. The number of phenolic OH excluding ortho intramolecular Hbond substituents is 1. The van der Waals surface area contributed by atoms with Gasteiger partial charge in [0.25, 0.3) is 0 Å². The number of aliphatic hydroxyl groups excluding tert-OH is 3. The Hall–Kier alpha value is -6.20. The number of phenols is 1. The van der Waals surface area contributed by atoms with Crippen molar-refractivity contribution in [3.05, 3.63) is 65.7 Å². The summed E-state index contributed by atoms with van der Waals surface area (Å²) in [4.78, 5) is 110. The first-order chi connectivity index (χ1) is 32.3. The van der Waals surface area contributed by atoms with Crippen LogP contribution in [0, 0.1) is 0 Å². The number of nitrogens with two attached hydrogens (primary N) is 1. The summed E-state index contributed by atoms with van der Waals surface area (Å²) < 4.78 is 0. The van der Waals surface area contributed by atoms with Crippen LogP contribution in [0.15, 0.2) is 54.6 Å². The molecule has 2 fully saturated rings. The van der Waals surface area contributed by atoms with Gasteiger partial charge in [0.1, 0.15) is 48.0 Å². The van der Waals surface area contributed by atoms with Crippen LogP contribution in [-0.4, -0.2) is 164 Å². The van der Waals surface area contributed by atoms with Crippen LogP contribution >= 0.6 is 0 Å². The van der Waals surface area contributed by atoms with Gasteiger partial charge in [-0.25, -0.2) is 4.79 Å².